The SMILES string of the molecule is [2H]C([2H])([2H])C1=CCCCC1. The lowest BCUT2D eigenvalue weighted by Crippen LogP contribution is -1.85. The van der Waals surface area contributed by atoms with E-state index in [0.717, 1.165) is 25.7 Å². The van der Waals surface area contributed by atoms with Crippen LogP contribution in [-0.2, 0) is 0 Å². The molecule has 7 heavy (non-hydrogen) atoms. The Hall–Kier alpha value is -0.260. The summed E-state index contributed by atoms with van der Waals surface area (Å²) in [6.45, 7) is -1.82. The number of hydrogen-bond acceptors (Lipinski definition) is 0. The summed E-state index contributed by atoms with van der Waals surface area (Å²) in [5.41, 5.74) is 0.666. The summed E-state index contributed by atoms with van der Waals surface area (Å²) < 4.78 is 21.3. The first kappa shape index (κ1) is 2.34. The molecule has 0 nitrogen and oxygen atoms in total. The fourth-order valence-corrected chi connectivity index (χ4v) is 0.838. The van der Waals surface area contributed by atoms with Crippen LogP contribution in [-0.4, -0.2) is 0 Å². The van der Waals surface area contributed by atoms with Crippen LogP contribution in [0.1, 0.15) is 36.6 Å². The van der Waals surface area contributed by atoms with E-state index in [0.29, 0.717) is 5.57 Å². The monoisotopic (exact) mass is 99.1 g/mol. The minimum atomic E-state index is -1.82. The van der Waals surface area contributed by atoms with Gasteiger partial charge in [-0.3, -0.25) is 0 Å². The van der Waals surface area contributed by atoms with E-state index in [1.807, 2.05) is 6.08 Å². The predicted octanol–water partition coefficient (Wildman–Crippen LogP) is 2.51. The van der Waals surface area contributed by atoms with Crippen LogP contribution < -0.4 is 0 Å². The quantitative estimate of drug-likeness (QED) is 0.409. The highest BCUT2D eigenvalue weighted by Crippen LogP contribution is 2.15. The first-order valence-electron chi connectivity index (χ1n) is 4.30. The van der Waals surface area contributed by atoms with Gasteiger partial charge in [0.05, 0.1) is 0 Å². The Balaban J connectivity index is 2.62. The van der Waals surface area contributed by atoms with Crippen molar-refractivity contribution in [1.29, 1.82) is 0 Å². The third-order valence-corrected chi connectivity index (χ3v) is 1.29. The lowest BCUT2D eigenvalue weighted by Gasteiger charge is -2.05. The van der Waals surface area contributed by atoms with Crippen molar-refractivity contribution in [1.82, 2.24) is 0 Å². The maximum absolute atomic E-state index is 7.09. The third kappa shape index (κ3) is 1.34. The zero-order valence-electron chi connectivity index (χ0n) is 7.41. The molecule has 0 saturated heterocycles. The van der Waals surface area contributed by atoms with E-state index >= 15 is 0 Å². The van der Waals surface area contributed by atoms with E-state index in [4.69, 9.17) is 4.11 Å². The normalized spacial score (nSPS) is 29.7. The lowest BCUT2D eigenvalue weighted by molar-refractivity contribution is 0.702. The van der Waals surface area contributed by atoms with Crippen LogP contribution in [0.25, 0.3) is 0 Å². The van der Waals surface area contributed by atoms with E-state index in [2.05, 4.69) is 0 Å². The minimum Gasteiger partial charge on any atom is -0.0856 e. The summed E-state index contributed by atoms with van der Waals surface area (Å²) in [4.78, 5) is 0. The van der Waals surface area contributed by atoms with Crippen molar-refractivity contribution in [3.8, 4) is 0 Å². The molecule has 0 aromatic carbocycles. The Morgan fingerprint density at radius 2 is 2.71 bits per heavy atom. The maximum Gasteiger partial charge on any atom is 0.0276 e. The molecule has 0 heteroatoms. The van der Waals surface area contributed by atoms with Crippen molar-refractivity contribution in [3.05, 3.63) is 11.6 Å². The van der Waals surface area contributed by atoms with Crippen LogP contribution in [0.4, 0.5) is 0 Å². The second-order valence-electron chi connectivity index (χ2n) is 1.98. The van der Waals surface area contributed by atoms with Gasteiger partial charge in [0, 0.05) is 4.11 Å². The smallest absolute Gasteiger partial charge is 0.0276 e. The molecular formula is C7H12. The fraction of sp³-hybridized carbons (Fsp3) is 0.714. The molecule has 0 heterocycles. The molecule has 0 amide bonds. The molecule has 0 bridgehead atoms. The first-order valence-corrected chi connectivity index (χ1v) is 2.80. The number of allylic oxidation sites excluding steroid dienone is 2. The Morgan fingerprint density at radius 1 is 1.71 bits per heavy atom. The lowest BCUT2D eigenvalue weighted by atomic mass is 10.0. The maximum atomic E-state index is 7.09. The zero-order valence-corrected chi connectivity index (χ0v) is 4.41. The molecule has 0 aromatic heterocycles. The molecule has 0 atom stereocenters. The van der Waals surface area contributed by atoms with Crippen molar-refractivity contribution in [2.24, 2.45) is 0 Å². The van der Waals surface area contributed by atoms with Crippen LogP contribution in [0.15, 0.2) is 11.6 Å². The van der Waals surface area contributed by atoms with Gasteiger partial charge in [-0.15, -0.1) is 0 Å². The van der Waals surface area contributed by atoms with E-state index in [1.54, 1.807) is 0 Å². The van der Waals surface area contributed by atoms with Crippen molar-refractivity contribution in [2.45, 2.75) is 32.5 Å². The average Bonchev–Trinajstić information content (AvgIpc) is 1.88. The van der Waals surface area contributed by atoms with Crippen molar-refractivity contribution >= 4 is 0 Å². The van der Waals surface area contributed by atoms with Crippen molar-refractivity contribution < 1.29 is 4.11 Å². The molecule has 0 spiro atoms. The average molecular weight is 99.2 g/mol. The molecule has 0 fully saturated rings. The summed E-state index contributed by atoms with van der Waals surface area (Å²) >= 11 is 0. The molecule has 0 unspecified atom stereocenters. The van der Waals surface area contributed by atoms with Gasteiger partial charge in [0.15, 0.2) is 0 Å². The second kappa shape index (κ2) is 2.15. The zero-order chi connectivity index (χ0) is 7.61. The topological polar surface area (TPSA) is 0 Å². The fourth-order valence-electron chi connectivity index (χ4n) is 0.838. The largest absolute Gasteiger partial charge is 0.0856 e. The molecule has 1 aliphatic carbocycles. The first-order chi connectivity index (χ1) is 4.61. The van der Waals surface area contributed by atoms with E-state index in [1.165, 1.54) is 0 Å². The van der Waals surface area contributed by atoms with Gasteiger partial charge in [-0.1, -0.05) is 11.6 Å². The van der Waals surface area contributed by atoms with Crippen molar-refractivity contribution in [2.75, 3.05) is 0 Å². The van der Waals surface area contributed by atoms with Gasteiger partial charge in [0.25, 0.3) is 0 Å². The molecule has 0 radical (unpaired) electrons. The summed E-state index contributed by atoms with van der Waals surface area (Å²) in [6, 6.07) is 0. The summed E-state index contributed by atoms with van der Waals surface area (Å²) in [6.07, 6.45) is 5.80. The van der Waals surface area contributed by atoms with Gasteiger partial charge in [0.2, 0.25) is 0 Å². The van der Waals surface area contributed by atoms with Gasteiger partial charge in [-0.2, -0.15) is 0 Å². The van der Waals surface area contributed by atoms with Crippen LogP contribution in [0.2, 0.25) is 0 Å². The van der Waals surface area contributed by atoms with E-state index in [9.17, 15) is 0 Å². The highest BCUT2D eigenvalue weighted by Gasteiger charge is 1.95. The van der Waals surface area contributed by atoms with Gasteiger partial charge >= 0.3 is 0 Å². The molecule has 40 valence electrons. The Bertz CT molecular complexity index is 143. The Morgan fingerprint density at radius 3 is 3.14 bits per heavy atom. The highest BCUT2D eigenvalue weighted by molar-refractivity contribution is 5.00. The van der Waals surface area contributed by atoms with Gasteiger partial charge in [-0.25, -0.2) is 0 Å². The van der Waals surface area contributed by atoms with E-state index < -0.39 is 6.85 Å². The summed E-state index contributed by atoms with van der Waals surface area (Å²) in [5, 5.41) is 0. The van der Waals surface area contributed by atoms with Crippen LogP contribution in [0.5, 0.6) is 0 Å². The standard InChI is InChI=1S/C7H12/c1-7-5-3-2-4-6-7/h5H,2-4,6H2,1H3/i1D3. The predicted molar refractivity (Wildman–Crippen MR) is 32.2 cm³/mol. The van der Waals surface area contributed by atoms with Gasteiger partial charge < -0.3 is 0 Å². The van der Waals surface area contributed by atoms with E-state index in [-0.39, 0.29) is 0 Å². The number of hydrogen-bond donors (Lipinski definition) is 0. The molecule has 0 aromatic rings. The summed E-state index contributed by atoms with van der Waals surface area (Å²) in [5.74, 6) is 0. The Kier molecular flexibility index (Phi) is 0.720. The molecular weight excluding hydrogens is 84.1 g/mol. The molecule has 0 saturated carbocycles. The molecule has 1 rings (SSSR count). The van der Waals surface area contributed by atoms with Gasteiger partial charge in [0.1, 0.15) is 0 Å². The second-order valence-corrected chi connectivity index (χ2v) is 1.98. The Labute approximate surface area is 49.4 Å². The minimum absolute atomic E-state index is 0.666. The highest BCUT2D eigenvalue weighted by atomic mass is 14.0. The van der Waals surface area contributed by atoms with Crippen LogP contribution in [0, 0.1) is 0 Å². The third-order valence-electron chi connectivity index (χ3n) is 1.29. The summed E-state index contributed by atoms with van der Waals surface area (Å²) in [7, 11) is 0. The molecule has 0 N–H and O–H groups in total. The van der Waals surface area contributed by atoms with Crippen LogP contribution in [0.3, 0.4) is 0 Å². The molecule has 1 aliphatic rings. The molecule has 0 aliphatic heterocycles. The van der Waals surface area contributed by atoms with Gasteiger partial charge in [-0.05, 0) is 32.5 Å². The van der Waals surface area contributed by atoms with Crippen LogP contribution >= 0.6 is 0 Å². The van der Waals surface area contributed by atoms with Crippen molar-refractivity contribution in [3.63, 3.8) is 0 Å². The number of rotatable bonds is 0.